The molecule has 6 aromatic carbocycles. The number of rotatable bonds is 4. The smallest absolute Gasteiger partial charge is 0.0547 e. The molecule has 1 aromatic heterocycles. The van der Waals surface area contributed by atoms with Crippen LogP contribution in [0.2, 0.25) is 0 Å². The van der Waals surface area contributed by atoms with Crippen molar-refractivity contribution in [2.45, 2.75) is 26.2 Å². The molecule has 0 N–H and O–H groups in total. The van der Waals surface area contributed by atoms with Gasteiger partial charge in [-0.05, 0) is 81.1 Å². The van der Waals surface area contributed by atoms with Crippen LogP contribution in [-0.2, 0) is 5.41 Å². The zero-order valence-electron chi connectivity index (χ0n) is 26.0. The summed E-state index contributed by atoms with van der Waals surface area (Å²) in [7, 11) is 0. The van der Waals surface area contributed by atoms with E-state index in [1.54, 1.807) is 0 Å². The van der Waals surface area contributed by atoms with Crippen LogP contribution in [0.4, 0.5) is 0 Å². The van der Waals surface area contributed by atoms with Gasteiger partial charge in [0.05, 0.1) is 16.7 Å². The highest BCUT2D eigenvalue weighted by Crippen LogP contribution is 2.50. The van der Waals surface area contributed by atoms with Gasteiger partial charge in [-0.2, -0.15) is 0 Å². The number of allylic oxidation sites excluding steroid dienone is 5. The maximum Gasteiger partial charge on any atom is 0.0547 e. The average molecular weight is 578 g/mol. The highest BCUT2D eigenvalue weighted by atomic mass is 15.0. The van der Waals surface area contributed by atoms with Crippen molar-refractivity contribution in [3.05, 3.63) is 169 Å². The number of para-hydroxylation sites is 1. The number of hydrogen-bond acceptors (Lipinski definition) is 0. The van der Waals surface area contributed by atoms with Gasteiger partial charge >= 0.3 is 0 Å². The summed E-state index contributed by atoms with van der Waals surface area (Å²) in [6, 6.07) is 46.9. The van der Waals surface area contributed by atoms with Gasteiger partial charge in [0.25, 0.3) is 0 Å². The molecule has 0 saturated carbocycles. The van der Waals surface area contributed by atoms with Gasteiger partial charge in [0.2, 0.25) is 0 Å². The van der Waals surface area contributed by atoms with Crippen LogP contribution >= 0.6 is 0 Å². The number of benzene rings is 6. The molecule has 45 heavy (non-hydrogen) atoms. The molecule has 8 rings (SSSR count). The van der Waals surface area contributed by atoms with E-state index in [1.807, 2.05) is 6.08 Å². The summed E-state index contributed by atoms with van der Waals surface area (Å²) in [6.45, 7) is 10.8. The molecule has 0 aliphatic heterocycles. The molecule has 216 valence electrons. The fourth-order valence-electron chi connectivity index (χ4n) is 7.60. The van der Waals surface area contributed by atoms with Gasteiger partial charge < -0.3 is 4.57 Å². The van der Waals surface area contributed by atoms with E-state index in [-0.39, 0.29) is 5.41 Å². The monoisotopic (exact) mass is 577 g/mol. The van der Waals surface area contributed by atoms with E-state index in [0.29, 0.717) is 0 Å². The molecule has 1 aliphatic carbocycles. The molecule has 1 nitrogen and oxygen atoms in total. The van der Waals surface area contributed by atoms with Gasteiger partial charge in [-0.15, -0.1) is 0 Å². The first-order valence-corrected chi connectivity index (χ1v) is 15.8. The van der Waals surface area contributed by atoms with Crippen LogP contribution in [0.25, 0.3) is 66.1 Å². The maximum absolute atomic E-state index is 4.00. The molecule has 7 aromatic rings. The molecule has 1 heterocycles. The summed E-state index contributed by atoms with van der Waals surface area (Å²) in [5.41, 5.74) is 13.8. The average Bonchev–Trinajstić information content (AvgIpc) is 3.52. The van der Waals surface area contributed by atoms with Gasteiger partial charge in [0, 0.05) is 21.6 Å². The van der Waals surface area contributed by atoms with E-state index in [2.05, 4.69) is 171 Å². The number of aromatic nitrogens is 1. The maximum atomic E-state index is 4.00. The van der Waals surface area contributed by atoms with Gasteiger partial charge in [0.1, 0.15) is 0 Å². The van der Waals surface area contributed by atoms with E-state index in [1.165, 1.54) is 82.8 Å². The third-order valence-corrected chi connectivity index (χ3v) is 9.75. The minimum absolute atomic E-state index is 0.0623. The minimum atomic E-state index is -0.0623. The van der Waals surface area contributed by atoms with E-state index in [0.717, 1.165) is 0 Å². The third-order valence-electron chi connectivity index (χ3n) is 9.75. The number of hydrogen-bond donors (Lipinski definition) is 0. The molecule has 0 atom stereocenters. The van der Waals surface area contributed by atoms with Crippen LogP contribution in [0.5, 0.6) is 0 Å². The zero-order chi connectivity index (χ0) is 30.7. The first kappa shape index (κ1) is 27.2. The lowest BCUT2D eigenvalue weighted by molar-refractivity contribution is 0.661. The Kier molecular flexibility index (Phi) is 6.25. The minimum Gasteiger partial charge on any atom is -0.309 e. The number of nitrogens with zero attached hydrogens (tertiary/aromatic N) is 1. The Bertz CT molecular complexity index is 2360. The summed E-state index contributed by atoms with van der Waals surface area (Å²) >= 11 is 0. The van der Waals surface area contributed by atoms with Crippen molar-refractivity contribution in [3.63, 3.8) is 0 Å². The first-order valence-electron chi connectivity index (χ1n) is 15.8. The summed E-state index contributed by atoms with van der Waals surface area (Å²) in [6.07, 6.45) is 6.33. The summed E-state index contributed by atoms with van der Waals surface area (Å²) in [5.74, 6) is 0. The van der Waals surface area contributed by atoms with E-state index in [9.17, 15) is 0 Å². The third kappa shape index (κ3) is 4.08. The van der Waals surface area contributed by atoms with Gasteiger partial charge in [-0.3, -0.25) is 0 Å². The second kappa shape index (κ2) is 10.4. The fraction of sp³-hybridized carbons (Fsp3) is 0.0909. The lowest BCUT2D eigenvalue weighted by atomic mass is 9.82. The molecule has 1 heteroatoms. The van der Waals surface area contributed by atoms with Crippen molar-refractivity contribution < 1.29 is 0 Å². The van der Waals surface area contributed by atoms with Crippen molar-refractivity contribution >= 4 is 38.2 Å². The summed E-state index contributed by atoms with van der Waals surface area (Å²) in [4.78, 5) is 0. The Morgan fingerprint density at radius 2 is 1.24 bits per heavy atom. The van der Waals surface area contributed by atoms with Crippen molar-refractivity contribution in [3.8, 4) is 27.9 Å². The first-order chi connectivity index (χ1) is 22.0. The second-order valence-corrected chi connectivity index (χ2v) is 12.5. The Labute approximate surface area is 265 Å². The molecule has 0 saturated heterocycles. The van der Waals surface area contributed by atoms with Crippen LogP contribution in [0, 0.1) is 0 Å². The van der Waals surface area contributed by atoms with Gasteiger partial charge in [-0.1, -0.05) is 142 Å². The molecule has 0 amide bonds. The highest BCUT2D eigenvalue weighted by molar-refractivity contribution is 6.12. The Balaban J connectivity index is 1.36. The van der Waals surface area contributed by atoms with Crippen molar-refractivity contribution in [2.24, 2.45) is 0 Å². The van der Waals surface area contributed by atoms with Gasteiger partial charge in [0.15, 0.2) is 0 Å². The van der Waals surface area contributed by atoms with E-state index >= 15 is 0 Å². The Hall–Kier alpha value is -5.40. The largest absolute Gasteiger partial charge is 0.309 e. The molecule has 0 radical (unpaired) electrons. The van der Waals surface area contributed by atoms with Crippen LogP contribution in [-0.4, -0.2) is 4.57 Å². The standard InChI is InChI=1S/C44H35N/c1-5-14-39-32(6-2)38-27-30(22-25-40(38)44(39,3)4)31-21-23-37-36-19-12-13-20-41(36)45(43(37)28-31)42-26-24-33(29-15-8-7-9-16-29)34-17-10-11-18-35(34)42/h5-28H,1H2,2-4H3/b32-6-,39-14+. The van der Waals surface area contributed by atoms with Crippen LogP contribution in [0.15, 0.2) is 158 Å². The summed E-state index contributed by atoms with van der Waals surface area (Å²) in [5, 5.41) is 5.03. The van der Waals surface area contributed by atoms with Crippen molar-refractivity contribution in [1.29, 1.82) is 0 Å². The SMILES string of the molecule is C=C/C=C1\C(=C/C)c2cc(-c3ccc4c5ccccc5n(-c5ccc(-c6ccccc6)c6ccccc56)c4c3)ccc2C1(C)C. The topological polar surface area (TPSA) is 4.93 Å². The highest BCUT2D eigenvalue weighted by Gasteiger charge is 2.37. The molecule has 1 aliphatic rings. The molecular formula is C44H35N. The predicted octanol–water partition coefficient (Wildman–Crippen LogP) is 12.1. The molecule has 0 fully saturated rings. The van der Waals surface area contributed by atoms with Crippen LogP contribution in [0.1, 0.15) is 31.9 Å². The summed E-state index contributed by atoms with van der Waals surface area (Å²) < 4.78 is 2.46. The lowest BCUT2D eigenvalue weighted by Crippen LogP contribution is -2.14. The normalized spacial score (nSPS) is 15.8. The predicted molar refractivity (Wildman–Crippen MR) is 194 cm³/mol. The van der Waals surface area contributed by atoms with E-state index < -0.39 is 0 Å². The zero-order valence-corrected chi connectivity index (χ0v) is 26.0. The molecule has 0 spiro atoms. The fourth-order valence-corrected chi connectivity index (χ4v) is 7.60. The molecular weight excluding hydrogens is 542 g/mol. The Morgan fingerprint density at radius 3 is 2.02 bits per heavy atom. The molecule has 0 bridgehead atoms. The molecule has 0 unspecified atom stereocenters. The van der Waals surface area contributed by atoms with Crippen LogP contribution < -0.4 is 0 Å². The van der Waals surface area contributed by atoms with Crippen LogP contribution in [0.3, 0.4) is 0 Å². The van der Waals surface area contributed by atoms with Crippen molar-refractivity contribution in [1.82, 2.24) is 4.57 Å². The Morgan fingerprint density at radius 1 is 0.578 bits per heavy atom. The quantitative estimate of drug-likeness (QED) is 0.196. The van der Waals surface area contributed by atoms with Crippen molar-refractivity contribution in [2.75, 3.05) is 0 Å². The van der Waals surface area contributed by atoms with Gasteiger partial charge in [-0.25, -0.2) is 0 Å². The lowest BCUT2D eigenvalue weighted by Gasteiger charge is -2.21. The number of fused-ring (bicyclic) bond motifs is 5. The van der Waals surface area contributed by atoms with E-state index in [4.69, 9.17) is 0 Å². The second-order valence-electron chi connectivity index (χ2n) is 12.5.